The summed E-state index contributed by atoms with van der Waals surface area (Å²) < 4.78 is 6.61. The Labute approximate surface area is 215 Å². The van der Waals surface area contributed by atoms with Crippen LogP contribution < -0.4 is 26.0 Å². The number of nitrogens with zero attached hydrogens (tertiary/aromatic N) is 1. The first-order valence-corrected chi connectivity index (χ1v) is 13.2. The Morgan fingerprint density at radius 1 is 0.667 bits per heavy atom. The van der Waals surface area contributed by atoms with Gasteiger partial charge in [0.05, 0.1) is 11.4 Å². The number of fused-ring (bicyclic) bond motifs is 7. The highest BCUT2D eigenvalue weighted by Gasteiger charge is 2.44. The van der Waals surface area contributed by atoms with Crippen molar-refractivity contribution < 1.29 is 4.74 Å². The molecule has 170 valence electrons. The highest BCUT2D eigenvalue weighted by atomic mass is 32.2. The van der Waals surface area contributed by atoms with Gasteiger partial charge >= 0.3 is 0 Å². The van der Waals surface area contributed by atoms with Gasteiger partial charge in [-0.15, -0.1) is 0 Å². The molecule has 2 nitrogen and oxygen atoms in total. The highest BCUT2D eigenvalue weighted by Crippen LogP contribution is 2.53. The predicted octanol–water partition coefficient (Wildman–Crippen LogP) is 6.84. The van der Waals surface area contributed by atoms with E-state index in [0.29, 0.717) is 0 Å². The van der Waals surface area contributed by atoms with Crippen molar-refractivity contribution in [1.82, 2.24) is 0 Å². The van der Waals surface area contributed by atoms with Crippen molar-refractivity contribution in [2.45, 2.75) is 23.6 Å². The van der Waals surface area contributed by atoms with Crippen LogP contribution in [-0.4, -0.2) is 6.71 Å². The van der Waals surface area contributed by atoms with Crippen molar-refractivity contribution in [2.75, 3.05) is 4.90 Å². The Morgan fingerprint density at radius 3 is 2.28 bits per heavy atom. The largest absolute Gasteiger partial charge is 0.458 e. The van der Waals surface area contributed by atoms with Crippen molar-refractivity contribution in [3.63, 3.8) is 0 Å². The maximum atomic E-state index is 6.61. The topological polar surface area (TPSA) is 12.5 Å². The van der Waals surface area contributed by atoms with Gasteiger partial charge in [0, 0.05) is 15.5 Å². The second kappa shape index (κ2) is 7.31. The minimum atomic E-state index is 0.126. The first-order chi connectivity index (χ1) is 17.7. The summed E-state index contributed by atoms with van der Waals surface area (Å²) in [6, 6.07) is 35.3. The quantitative estimate of drug-likeness (QED) is 0.239. The van der Waals surface area contributed by atoms with E-state index in [9.17, 15) is 0 Å². The Hall–Kier alpha value is -3.89. The molecule has 0 fully saturated rings. The zero-order chi connectivity index (χ0) is 24.0. The number of benzene rings is 5. The number of anilines is 3. The van der Waals surface area contributed by atoms with Gasteiger partial charge in [-0.2, -0.15) is 0 Å². The van der Waals surface area contributed by atoms with E-state index >= 15 is 0 Å². The molecule has 0 radical (unpaired) electrons. The lowest BCUT2D eigenvalue weighted by molar-refractivity contribution is 0.487. The third-order valence-corrected chi connectivity index (χ3v) is 8.89. The summed E-state index contributed by atoms with van der Waals surface area (Å²) in [6.45, 7) is 4.53. The van der Waals surface area contributed by atoms with Crippen LogP contribution in [0.1, 0.15) is 11.1 Å². The fourth-order valence-electron chi connectivity index (χ4n) is 6.29. The monoisotopic (exact) mass is 479 g/mol. The second-order valence-electron chi connectivity index (χ2n) is 9.84. The predicted molar refractivity (Wildman–Crippen MR) is 151 cm³/mol. The second-order valence-corrected chi connectivity index (χ2v) is 10.9. The van der Waals surface area contributed by atoms with E-state index in [0.717, 1.165) is 11.5 Å². The number of hydrogen-bond donors (Lipinski definition) is 0. The summed E-state index contributed by atoms with van der Waals surface area (Å²) in [5.41, 5.74) is 12.8. The number of rotatable bonds is 1. The minimum Gasteiger partial charge on any atom is -0.458 e. The fraction of sp³-hybridized carbons (Fsp3) is 0.0625. The number of hydrogen-bond acceptors (Lipinski definition) is 3. The van der Waals surface area contributed by atoms with Gasteiger partial charge in [0.1, 0.15) is 11.5 Å². The van der Waals surface area contributed by atoms with Gasteiger partial charge in [0.15, 0.2) is 0 Å². The smallest absolute Gasteiger partial charge is 0.256 e. The van der Waals surface area contributed by atoms with Gasteiger partial charge in [0.2, 0.25) is 0 Å². The van der Waals surface area contributed by atoms with Gasteiger partial charge in [-0.05, 0) is 88.9 Å². The number of aryl methyl sites for hydroxylation is 2. The molecule has 3 aliphatic rings. The first kappa shape index (κ1) is 20.3. The van der Waals surface area contributed by atoms with Gasteiger partial charge < -0.3 is 9.64 Å². The van der Waals surface area contributed by atoms with Crippen LogP contribution >= 0.6 is 11.8 Å². The van der Waals surface area contributed by atoms with Crippen LogP contribution in [-0.2, 0) is 0 Å². The molecule has 36 heavy (non-hydrogen) atoms. The van der Waals surface area contributed by atoms with Gasteiger partial charge in [-0.3, -0.25) is 0 Å². The summed E-state index contributed by atoms with van der Waals surface area (Å²) in [5.74, 6) is 1.92. The minimum absolute atomic E-state index is 0.126. The van der Waals surface area contributed by atoms with Crippen molar-refractivity contribution >= 4 is 51.9 Å². The summed E-state index contributed by atoms with van der Waals surface area (Å²) in [7, 11) is 0. The molecule has 5 aromatic rings. The molecule has 0 aromatic heterocycles. The number of para-hydroxylation sites is 2. The van der Waals surface area contributed by atoms with Gasteiger partial charge in [-0.25, -0.2) is 0 Å². The molecule has 0 bridgehead atoms. The van der Waals surface area contributed by atoms with Crippen LogP contribution in [0.2, 0.25) is 0 Å². The SMILES string of the molecule is Cc1cccc(C)c1-c1ccc2c(c1)B1c3ccccc3N3c4ccccc4Sc4ccc(c1c43)O2. The average molecular weight is 479 g/mol. The van der Waals surface area contributed by atoms with Gasteiger partial charge in [-0.1, -0.05) is 72.4 Å². The van der Waals surface area contributed by atoms with E-state index in [1.54, 1.807) is 0 Å². The van der Waals surface area contributed by atoms with Crippen LogP contribution in [0, 0.1) is 13.8 Å². The normalized spacial score (nSPS) is 13.8. The maximum absolute atomic E-state index is 6.61. The van der Waals surface area contributed by atoms with E-state index in [1.807, 2.05) is 11.8 Å². The van der Waals surface area contributed by atoms with E-state index in [2.05, 4.69) is 116 Å². The Morgan fingerprint density at radius 2 is 1.42 bits per heavy atom. The van der Waals surface area contributed by atoms with Crippen LogP contribution in [0.25, 0.3) is 11.1 Å². The molecule has 0 amide bonds. The lowest BCUT2D eigenvalue weighted by Crippen LogP contribution is -2.59. The molecule has 0 aliphatic carbocycles. The molecule has 4 heteroatoms. The highest BCUT2D eigenvalue weighted by molar-refractivity contribution is 7.99. The molecule has 8 rings (SSSR count). The molecule has 0 unspecified atom stereocenters. The zero-order valence-corrected chi connectivity index (χ0v) is 20.9. The molecule has 5 aromatic carbocycles. The van der Waals surface area contributed by atoms with Crippen molar-refractivity contribution in [1.29, 1.82) is 0 Å². The van der Waals surface area contributed by atoms with E-state index in [1.165, 1.54) is 65.5 Å². The standard InChI is InChI=1S/C32H22BNOS/c1-19-8-7-9-20(2)30(19)21-14-15-26-23(18-21)33-22-10-3-4-11-24(22)34-25-12-5-6-13-28(25)36-29-17-16-27(35-26)31(33)32(29)34/h3-18H,1-2H3. The molecule has 0 atom stereocenters. The number of ether oxygens (including phenoxy) is 1. The maximum Gasteiger partial charge on any atom is 0.256 e. The molecule has 0 saturated carbocycles. The fourth-order valence-corrected chi connectivity index (χ4v) is 7.37. The van der Waals surface area contributed by atoms with Crippen LogP contribution in [0.3, 0.4) is 0 Å². The molecular formula is C32H22BNOS. The first-order valence-electron chi connectivity index (χ1n) is 12.4. The summed E-state index contributed by atoms with van der Waals surface area (Å²) in [6.07, 6.45) is 0. The molecule has 0 spiro atoms. The van der Waals surface area contributed by atoms with Crippen LogP contribution in [0.5, 0.6) is 11.5 Å². The zero-order valence-electron chi connectivity index (χ0n) is 20.1. The third-order valence-electron chi connectivity index (χ3n) is 7.78. The lowest BCUT2D eigenvalue weighted by atomic mass is 9.34. The molecule has 0 saturated heterocycles. The molecule has 3 heterocycles. The Bertz CT molecular complexity index is 1720. The van der Waals surface area contributed by atoms with Crippen LogP contribution in [0.4, 0.5) is 17.1 Å². The van der Waals surface area contributed by atoms with E-state index in [4.69, 9.17) is 4.74 Å². The van der Waals surface area contributed by atoms with Gasteiger partial charge in [0.25, 0.3) is 6.71 Å². The average Bonchev–Trinajstić information content (AvgIpc) is 2.91. The third kappa shape index (κ3) is 2.65. The lowest BCUT2D eigenvalue weighted by Gasteiger charge is -2.43. The molecule has 0 N–H and O–H groups in total. The Balaban J connectivity index is 1.42. The Kier molecular flexibility index (Phi) is 4.13. The molecular weight excluding hydrogens is 457 g/mol. The van der Waals surface area contributed by atoms with Crippen molar-refractivity contribution in [3.05, 3.63) is 108 Å². The summed E-state index contributed by atoms with van der Waals surface area (Å²) in [4.78, 5) is 5.02. The van der Waals surface area contributed by atoms with Crippen molar-refractivity contribution in [3.8, 4) is 22.6 Å². The summed E-state index contributed by atoms with van der Waals surface area (Å²) >= 11 is 1.86. The van der Waals surface area contributed by atoms with E-state index < -0.39 is 0 Å². The summed E-state index contributed by atoms with van der Waals surface area (Å²) in [5, 5.41) is 0. The van der Waals surface area contributed by atoms with Crippen molar-refractivity contribution in [2.24, 2.45) is 0 Å². The van der Waals surface area contributed by atoms with Crippen LogP contribution in [0.15, 0.2) is 107 Å². The van der Waals surface area contributed by atoms with E-state index in [-0.39, 0.29) is 6.71 Å². The molecule has 3 aliphatic heterocycles.